The minimum Gasteiger partial charge on any atom is -0.502 e. The minimum atomic E-state index is -0.533. The first-order valence-electron chi connectivity index (χ1n) is 8.54. The minimum absolute atomic E-state index is 0.203. The molecule has 2 fully saturated rings. The van der Waals surface area contributed by atoms with Crippen LogP contribution in [0.5, 0.6) is 5.75 Å². The molecule has 0 aliphatic carbocycles. The summed E-state index contributed by atoms with van der Waals surface area (Å²) in [4.78, 5) is 15.2. The van der Waals surface area contributed by atoms with Gasteiger partial charge in [-0.15, -0.1) is 0 Å². The van der Waals surface area contributed by atoms with Crippen molar-refractivity contribution in [3.63, 3.8) is 0 Å². The molecule has 0 amide bonds. The number of nitrogens with zero attached hydrogens (tertiary/aromatic N) is 3. The number of aromatic hydroxyl groups is 1. The monoisotopic (exact) mass is 319 g/mol. The lowest BCUT2D eigenvalue weighted by molar-refractivity contribution is -0.385. The van der Waals surface area contributed by atoms with Crippen molar-refractivity contribution < 1.29 is 10.0 Å². The lowest BCUT2D eigenvalue weighted by atomic mass is 9.98. The summed E-state index contributed by atoms with van der Waals surface area (Å²) in [5, 5.41) is 21.0. The molecule has 0 spiro atoms. The van der Waals surface area contributed by atoms with E-state index in [0.29, 0.717) is 11.6 Å². The van der Waals surface area contributed by atoms with E-state index < -0.39 is 4.92 Å². The van der Waals surface area contributed by atoms with Crippen molar-refractivity contribution in [2.45, 2.75) is 45.1 Å². The maximum atomic E-state index is 10.9. The van der Waals surface area contributed by atoms with Crippen LogP contribution in [-0.2, 0) is 0 Å². The Bertz CT molecular complexity index is 577. The maximum absolute atomic E-state index is 10.9. The van der Waals surface area contributed by atoms with Crippen LogP contribution in [0, 0.1) is 17.0 Å². The second kappa shape index (κ2) is 6.74. The van der Waals surface area contributed by atoms with E-state index in [4.69, 9.17) is 0 Å². The zero-order valence-corrected chi connectivity index (χ0v) is 13.7. The fraction of sp³-hybridized carbons (Fsp3) is 0.647. The van der Waals surface area contributed by atoms with Gasteiger partial charge in [0, 0.05) is 36.4 Å². The summed E-state index contributed by atoms with van der Waals surface area (Å²) in [6.07, 6.45) is 6.23. The SMILES string of the molecule is Cc1c(N2CCC(N3CCCCC3)CC2)ccc([N+](=O)[O-])c1O. The normalized spacial score (nSPS) is 20.7. The number of likely N-dealkylation sites (tertiary alicyclic amines) is 1. The van der Waals surface area contributed by atoms with Crippen molar-refractivity contribution in [3.8, 4) is 5.75 Å². The smallest absolute Gasteiger partial charge is 0.311 e. The van der Waals surface area contributed by atoms with Gasteiger partial charge in [0.15, 0.2) is 5.75 Å². The van der Waals surface area contributed by atoms with Crippen LogP contribution in [-0.4, -0.2) is 47.2 Å². The quantitative estimate of drug-likeness (QED) is 0.685. The van der Waals surface area contributed by atoms with Crippen molar-refractivity contribution in [1.29, 1.82) is 0 Å². The van der Waals surface area contributed by atoms with E-state index in [2.05, 4.69) is 9.80 Å². The predicted octanol–water partition coefficient (Wildman–Crippen LogP) is 3.06. The standard InChI is InChI=1S/C17H25N3O3/c1-13-15(5-6-16(17(13)21)20(22)23)19-11-7-14(8-12-19)18-9-3-2-4-10-18/h5-6,14,21H,2-4,7-12H2,1H3. The number of nitro groups is 1. The lowest BCUT2D eigenvalue weighted by Crippen LogP contribution is -2.46. The summed E-state index contributed by atoms with van der Waals surface area (Å²) in [5.41, 5.74) is 1.32. The van der Waals surface area contributed by atoms with Crippen LogP contribution in [0.2, 0.25) is 0 Å². The Morgan fingerprint density at radius 3 is 2.39 bits per heavy atom. The van der Waals surface area contributed by atoms with Gasteiger partial charge in [0.1, 0.15) is 0 Å². The number of hydrogen-bond acceptors (Lipinski definition) is 5. The van der Waals surface area contributed by atoms with E-state index in [-0.39, 0.29) is 11.4 Å². The Balaban J connectivity index is 1.68. The van der Waals surface area contributed by atoms with Gasteiger partial charge >= 0.3 is 5.69 Å². The Morgan fingerprint density at radius 1 is 1.13 bits per heavy atom. The molecular weight excluding hydrogens is 294 g/mol. The summed E-state index contributed by atoms with van der Waals surface area (Å²) in [6.45, 7) is 6.09. The van der Waals surface area contributed by atoms with E-state index >= 15 is 0 Å². The Labute approximate surface area is 136 Å². The molecule has 1 N–H and O–H groups in total. The highest BCUT2D eigenvalue weighted by Gasteiger charge is 2.27. The van der Waals surface area contributed by atoms with Crippen molar-refractivity contribution in [3.05, 3.63) is 27.8 Å². The van der Waals surface area contributed by atoms with Crippen LogP contribution in [0.25, 0.3) is 0 Å². The Hall–Kier alpha value is -1.82. The predicted molar refractivity (Wildman–Crippen MR) is 90.2 cm³/mol. The second-order valence-corrected chi connectivity index (χ2v) is 6.65. The van der Waals surface area contributed by atoms with Gasteiger partial charge in [-0.2, -0.15) is 0 Å². The molecule has 1 aromatic rings. The molecule has 0 saturated carbocycles. The zero-order chi connectivity index (χ0) is 16.4. The van der Waals surface area contributed by atoms with E-state index in [0.717, 1.165) is 31.6 Å². The zero-order valence-electron chi connectivity index (χ0n) is 13.7. The van der Waals surface area contributed by atoms with Crippen molar-refractivity contribution in [2.75, 3.05) is 31.1 Å². The molecule has 0 atom stereocenters. The molecule has 1 aromatic carbocycles. The number of benzene rings is 1. The highest BCUT2D eigenvalue weighted by atomic mass is 16.6. The fourth-order valence-electron chi connectivity index (χ4n) is 3.92. The summed E-state index contributed by atoms with van der Waals surface area (Å²) in [5.74, 6) is -0.203. The molecule has 2 aliphatic rings. The maximum Gasteiger partial charge on any atom is 0.311 e. The van der Waals surface area contributed by atoms with E-state index in [1.165, 1.54) is 38.4 Å². The van der Waals surface area contributed by atoms with Gasteiger partial charge in [-0.05, 0) is 51.8 Å². The van der Waals surface area contributed by atoms with Crippen LogP contribution in [0.4, 0.5) is 11.4 Å². The van der Waals surface area contributed by atoms with Gasteiger partial charge in [-0.1, -0.05) is 6.42 Å². The summed E-state index contributed by atoms with van der Waals surface area (Å²) in [7, 11) is 0. The van der Waals surface area contributed by atoms with Crippen molar-refractivity contribution in [2.24, 2.45) is 0 Å². The van der Waals surface area contributed by atoms with E-state index in [9.17, 15) is 15.2 Å². The molecule has 6 nitrogen and oxygen atoms in total. The topological polar surface area (TPSA) is 69.9 Å². The molecule has 2 saturated heterocycles. The molecule has 0 unspecified atom stereocenters. The van der Waals surface area contributed by atoms with Crippen molar-refractivity contribution in [1.82, 2.24) is 4.90 Å². The summed E-state index contributed by atoms with van der Waals surface area (Å²) >= 11 is 0. The van der Waals surface area contributed by atoms with E-state index in [1.807, 2.05) is 0 Å². The van der Waals surface area contributed by atoms with Crippen molar-refractivity contribution >= 4 is 11.4 Å². The summed E-state index contributed by atoms with van der Waals surface area (Å²) in [6, 6.07) is 3.85. The van der Waals surface area contributed by atoms with Gasteiger partial charge in [0.25, 0.3) is 0 Å². The van der Waals surface area contributed by atoms with Gasteiger partial charge in [-0.3, -0.25) is 10.1 Å². The Morgan fingerprint density at radius 2 is 1.78 bits per heavy atom. The van der Waals surface area contributed by atoms with Gasteiger partial charge in [0.05, 0.1) is 4.92 Å². The third-order valence-corrected chi connectivity index (χ3v) is 5.29. The Kier molecular flexibility index (Phi) is 4.71. The van der Waals surface area contributed by atoms with Crippen LogP contribution in [0.15, 0.2) is 12.1 Å². The third-order valence-electron chi connectivity index (χ3n) is 5.29. The average molecular weight is 319 g/mol. The van der Waals surface area contributed by atoms with Gasteiger partial charge in [0.2, 0.25) is 0 Å². The molecule has 23 heavy (non-hydrogen) atoms. The number of nitro benzene ring substituents is 1. The number of anilines is 1. The largest absolute Gasteiger partial charge is 0.502 e. The van der Waals surface area contributed by atoms with Crippen LogP contribution in [0.1, 0.15) is 37.7 Å². The third kappa shape index (κ3) is 3.27. The molecule has 2 aliphatic heterocycles. The highest BCUT2D eigenvalue weighted by Crippen LogP contribution is 2.37. The first-order chi connectivity index (χ1) is 11.1. The molecule has 3 rings (SSSR count). The van der Waals surface area contributed by atoms with Gasteiger partial charge in [-0.25, -0.2) is 0 Å². The molecule has 6 heteroatoms. The number of phenols is 1. The van der Waals surface area contributed by atoms with Crippen LogP contribution < -0.4 is 4.90 Å². The van der Waals surface area contributed by atoms with Crippen LogP contribution in [0.3, 0.4) is 0 Å². The molecule has 2 heterocycles. The lowest BCUT2D eigenvalue weighted by Gasteiger charge is -2.41. The molecule has 0 bridgehead atoms. The number of rotatable bonds is 3. The fourth-order valence-corrected chi connectivity index (χ4v) is 3.92. The molecule has 0 radical (unpaired) electrons. The first kappa shape index (κ1) is 16.1. The highest BCUT2D eigenvalue weighted by molar-refractivity contribution is 5.65. The molecule has 126 valence electrons. The summed E-state index contributed by atoms with van der Waals surface area (Å²) < 4.78 is 0. The first-order valence-corrected chi connectivity index (χ1v) is 8.54. The van der Waals surface area contributed by atoms with Crippen LogP contribution >= 0.6 is 0 Å². The van der Waals surface area contributed by atoms with Gasteiger partial charge < -0.3 is 14.9 Å². The number of hydrogen-bond donors (Lipinski definition) is 1. The number of piperidine rings is 2. The second-order valence-electron chi connectivity index (χ2n) is 6.65. The van der Waals surface area contributed by atoms with E-state index in [1.54, 1.807) is 13.0 Å². The molecular formula is C17H25N3O3. The average Bonchev–Trinajstić information content (AvgIpc) is 2.58. The molecule has 0 aromatic heterocycles. The number of phenolic OH excluding ortho intramolecular Hbond substituents is 1.